The monoisotopic (exact) mass is 446 g/mol. The molecule has 5 heteroatoms. The summed E-state index contributed by atoms with van der Waals surface area (Å²) in [5.41, 5.74) is 4.76. The molecule has 3 aromatic carbocycles. The second kappa shape index (κ2) is 9.12. The van der Waals surface area contributed by atoms with Gasteiger partial charge in [-0.3, -0.25) is 4.90 Å². The zero-order valence-electron chi connectivity index (χ0n) is 19.0. The molecule has 0 bridgehead atoms. The third kappa shape index (κ3) is 4.06. The molecular formula is C29H26N4O. The van der Waals surface area contributed by atoms with Crippen LogP contribution >= 0.6 is 0 Å². The zero-order valence-corrected chi connectivity index (χ0v) is 19.0. The number of benzene rings is 3. The number of hydrogen-bond acceptors (Lipinski definition) is 5. The number of anilines is 1. The van der Waals surface area contributed by atoms with Crippen molar-refractivity contribution >= 4 is 34.0 Å². The largest absolute Gasteiger partial charge is 0.450 e. The lowest BCUT2D eigenvalue weighted by molar-refractivity contribution is 0.283. The van der Waals surface area contributed by atoms with Crippen LogP contribution in [0.25, 0.3) is 39.5 Å². The lowest BCUT2D eigenvalue weighted by Gasteiger charge is -2.34. The Bertz CT molecular complexity index is 1440. The third-order valence-corrected chi connectivity index (χ3v) is 6.38. The second-order valence-corrected chi connectivity index (χ2v) is 8.61. The molecule has 3 heterocycles. The van der Waals surface area contributed by atoms with Gasteiger partial charge >= 0.3 is 0 Å². The van der Waals surface area contributed by atoms with Gasteiger partial charge in [0.2, 0.25) is 0 Å². The standard InChI is InChI=1S/C29H26N4O/c1-3-10-22(11-4-1)12-9-17-32-18-20-33(21-19-32)29-27-26(24-15-7-8-16-25(24)34-27)30-28(31-29)23-13-5-2-6-14-23/h1-16H,17-21H2. The number of rotatable bonds is 5. The predicted octanol–water partition coefficient (Wildman–Crippen LogP) is 5.88. The smallest absolute Gasteiger partial charge is 0.196 e. The van der Waals surface area contributed by atoms with Crippen molar-refractivity contribution in [3.63, 3.8) is 0 Å². The van der Waals surface area contributed by atoms with Crippen molar-refractivity contribution in [3.05, 3.63) is 96.6 Å². The van der Waals surface area contributed by atoms with Crippen molar-refractivity contribution < 1.29 is 4.42 Å². The molecule has 1 saturated heterocycles. The van der Waals surface area contributed by atoms with Gasteiger partial charge in [0.05, 0.1) is 0 Å². The van der Waals surface area contributed by atoms with Crippen LogP contribution in [0, 0.1) is 0 Å². The van der Waals surface area contributed by atoms with E-state index in [0.717, 1.165) is 72.0 Å². The first-order valence-electron chi connectivity index (χ1n) is 11.8. The van der Waals surface area contributed by atoms with E-state index in [1.807, 2.05) is 42.5 Å². The van der Waals surface area contributed by atoms with Gasteiger partial charge in [-0.25, -0.2) is 9.97 Å². The Kier molecular flexibility index (Phi) is 5.53. The maximum Gasteiger partial charge on any atom is 0.196 e. The molecule has 0 N–H and O–H groups in total. The van der Waals surface area contributed by atoms with Gasteiger partial charge in [-0.1, -0.05) is 84.9 Å². The molecular weight excluding hydrogens is 420 g/mol. The van der Waals surface area contributed by atoms with Gasteiger partial charge in [-0.15, -0.1) is 0 Å². The van der Waals surface area contributed by atoms with Crippen LogP contribution in [-0.2, 0) is 0 Å². The molecule has 1 aliphatic heterocycles. The van der Waals surface area contributed by atoms with E-state index in [2.05, 4.69) is 64.4 Å². The van der Waals surface area contributed by atoms with Gasteiger partial charge in [0.1, 0.15) is 11.1 Å². The molecule has 0 spiro atoms. The summed E-state index contributed by atoms with van der Waals surface area (Å²) >= 11 is 0. The van der Waals surface area contributed by atoms with Crippen LogP contribution in [-0.4, -0.2) is 47.6 Å². The Hall–Kier alpha value is -3.96. The Balaban J connectivity index is 1.28. The number of aromatic nitrogens is 2. The van der Waals surface area contributed by atoms with Crippen LogP contribution in [0.15, 0.2) is 95.4 Å². The van der Waals surface area contributed by atoms with Crippen molar-refractivity contribution in [2.24, 2.45) is 0 Å². The van der Waals surface area contributed by atoms with Gasteiger partial charge in [-0.2, -0.15) is 0 Å². The lowest BCUT2D eigenvalue weighted by atomic mass is 10.2. The summed E-state index contributed by atoms with van der Waals surface area (Å²) in [6, 6.07) is 28.7. The quantitative estimate of drug-likeness (QED) is 0.337. The van der Waals surface area contributed by atoms with E-state index in [9.17, 15) is 0 Å². The number of fused-ring (bicyclic) bond motifs is 3. The van der Waals surface area contributed by atoms with E-state index in [4.69, 9.17) is 14.4 Å². The topological polar surface area (TPSA) is 45.4 Å². The van der Waals surface area contributed by atoms with E-state index in [0.29, 0.717) is 0 Å². The second-order valence-electron chi connectivity index (χ2n) is 8.61. The van der Waals surface area contributed by atoms with Gasteiger partial charge < -0.3 is 9.32 Å². The first-order valence-corrected chi connectivity index (χ1v) is 11.8. The summed E-state index contributed by atoms with van der Waals surface area (Å²) in [5, 5.41) is 1.03. The Morgan fingerprint density at radius 2 is 1.47 bits per heavy atom. The molecule has 1 fully saturated rings. The fourth-order valence-electron chi connectivity index (χ4n) is 4.55. The summed E-state index contributed by atoms with van der Waals surface area (Å²) in [5.74, 6) is 1.63. The minimum Gasteiger partial charge on any atom is -0.450 e. The predicted molar refractivity (Wildman–Crippen MR) is 139 cm³/mol. The molecule has 0 aliphatic carbocycles. The average Bonchev–Trinajstić information content (AvgIpc) is 3.28. The third-order valence-electron chi connectivity index (χ3n) is 6.38. The fraction of sp³-hybridized carbons (Fsp3) is 0.172. The van der Waals surface area contributed by atoms with Gasteiger partial charge in [-0.05, 0) is 17.7 Å². The molecule has 2 aromatic heterocycles. The number of piperazine rings is 1. The maximum atomic E-state index is 6.28. The highest BCUT2D eigenvalue weighted by molar-refractivity contribution is 6.06. The van der Waals surface area contributed by atoms with E-state index in [1.165, 1.54) is 5.56 Å². The van der Waals surface area contributed by atoms with E-state index in [1.54, 1.807) is 0 Å². The Morgan fingerprint density at radius 3 is 2.26 bits per heavy atom. The maximum absolute atomic E-state index is 6.28. The molecule has 5 aromatic rings. The highest BCUT2D eigenvalue weighted by Crippen LogP contribution is 2.35. The molecule has 0 radical (unpaired) electrons. The summed E-state index contributed by atoms with van der Waals surface area (Å²) < 4.78 is 6.28. The number of nitrogens with zero attached hydrogens (tertiary/aromatic N) is 4. The van der Waals surface area contributed by atoms with E-state index < -0.39 is 0 Å². The van der Waals surface area contributed by atoms with Crippen LogP contribution in [0.1, 0.15) is 5.56 Å². The summed E-state index contributed by atoms with van der Waals surface area (Å²) in [7, 11) is 0. The molecule has 0 amide bonds. The van der Waals surface area contributed by atoms with Crippen molar-refractivity contribution in [2.45, 2.75) is 0 Å². The van der Waals surface area contributed by atoms with Crippen LogP contribution in [0.2, 0.25) is 0 Å². The zero-order chi connectivity index (χ0) is 22.7. The Labute approximate surface area is 199 Å². The van der Waals surface area contributed by atoms with Gasteiger partial charge in [0.15, 0.2) is 17.2 Å². The van der Waals surface area contributed by atoms with Gasteiger partial charge in [0, 0.05) is 43.7 Å². The molecule has 1 aliphatic rings. The first kappa shape index (κ1) is 20.6. The Morgan fingerprint density at radius 1 is 0.765 bits per heavy atom. The van der Waals surface area contributed by atoms with Crippen LogP contribution in [0.4, 0.5) is 5.82 Å². The minimum absolute atomic E-state index is 0.739. The van der Waals surface area contributed by atoms with Crippen LogP contribution < -0.4 is 4.90 Å². The molecule has 0 unspecified atom stereocenters. The van der Waals surface area contributed by atoms with Crippen LogP contribution in [0.3, 0.4) is 0 Å². The highest BCUT2D eigenvalue weighted by Gasteiger charge is 2.24. The van der Waals surface area contributed by atoms with Gasteiger partial charge in [0.25, 0.3) is 0 Å². The summed E-state index contributed by atoms with van der Waals surface area (Å²) in [6.45, 7) is 4.70. The van der Waals surface area contributed by atoms with Crippen molar-refractivity contribution in [3.8, 4) is 11.4 Å². The normalized spacial score (nSPS) is 15.0. The SMILES string of the molecule is C(=Cc1ccccc1)CN1CCN(c2nc(-c3ccccc3)nc3c2oc2ccccc23)CC1. The number of furan rings is 1. The molecule has 5 nitrogen and oxygen atoms in total. The lowest BCUT2D eigenvalue weighted by Crippen LogP contribution is -2.46. The van der Waals surface area contributed by atoms with Crippen LogP contribution in [0.5, 0.6) is 0 Å². The highest BCUT2D eigenvalue weighted by atomic mass is 16.3. The average molecular weight is 447 g/mol. The first-order chi connectivity index (χ1) is 16.8. The number of para-hydroxylation sites is 1. The van der Waals surface area contributed by atoms with Crippen molar-refractivity contribution in [1.29, 1.82) is 0 Å². The summed E-state index contributed by atoms with van der Waals surface area (Å²) in [6.07, 6.45) is 4.45. The summed E-state index contributed by atoms with van der Waals surface area (Å²) in [4.78, 5) is 14.7. The molecule has 168 valence electrons. The van der Waals surface area contributed by atoms with E-state index >= 15 is 0 Å². The molecule has 0 atom stereocenters. The van der Waals surface area contributed by atoms with Crippen molar-refractivity contribution in [1.82, 2.24) is 14.9 Å². The molecule has 34 heavy (non-hydrogen) atoms. The van der Waals surface area contributed by atoms with E-state index in [-0.39, 0.29) is 0 Å². The molecule has 0 saturated carbocycles. The number of hydrogen-bond donors (Lipinski definition) is 0. The fourth-order valence-corrected chi connectivity index (χ4v) is 4.55. The molecule has 6 rings (SSSR count). The van der Waals surface area contributed by atoms with Crippen molar-refractivity contribution in [2.75, 3.05) is 37.6 Å². The minimum atomic E-state index is 0.739.